The molecule has 1 saturated heterocycles. The molecule has 1 aliphatic carbocycles. The van der Waals surface area contributed by atoms with E-state index in [2.05, 4.69) is 25.5 Å². The molecule has 0 radical (unpaired) electrons. The van der Waals surface area contributed by atoms with E-state index in [0.29, 0.717) is 16.4 Å². The topological polar surface area (TPSA) is 109 Å². The summed E-state index contributed by atoms with van der Waals surface area (Å²) in [5, 5.41) is 6.69. The third-order valence-electron chi connectivity index (χ3n) is 5.77. The lowest BCUT2D eigenvalue weighted by molar-refractivity contribution is -0.125. The molecular formula is C20H28N6O3S. The Labute approximate surface area is 178 Å². The van der Waals surface area contributed by atoms with Crippen LogP contribution in [0.2, 0.25) is 0 Å². The first kappa shape index (κ1) is 20.8. The zero-order chi connectivity index (χ0) is 21.3. The van der Waals surface area contributed by atoms with Gasteiger partial charge in [0.05, 0.1) is 0 Å². The van der Waals surface area contributed by atoms with Crippen LogP contribution in [0.1, 0.15) is 46.0 Å². The molecule has 2 aromatic heterocycles. The second-order valence-corrected chi connectivity index (χ2v) is 9.23. The van der Waals surface area contributed by atoms with Gasteiger partial charge in [0, 0.05) is 31.1 Å². The smallest absolute Gasteiger partial charge is 0.273 e. The first-order valence-corrected chi connectivity index (χ1v) is 11.5. The van der Waals surface area contributed by atoms with Gasteiger partial charge in [-0.05, 0) is 39.0 Å². The quantitative estimate of drug-likeness (QED) is 0.682. The van der Waals surface area contributed by atoms with E-state index < -0.39 is 0 Å². The molecule has 0 unspecified atom stereocenters. The summed E-state index contributed by atoms with van der Waals surface area (Å²) in [7, 11) is 0. The van der Waals surface area contributed by atoms with E-state index >= 15 is 0 Å². The molecule has 1 aliphatic heterocycles. The number of fused-ring (bicyclic) bond motifs is 1. The fourth-order valence-corrected chi connectivity index (χ4v) is 4.56. The number of nitrogens with one attached hydrogen (secondary N) is 2. The van der Waals surface area contributed by atoms with E-state index in [0.717, 1.165) is 50.3 Å². The molecule has 30 heavy (non-hydrogen) atoms. The molecule has 9 nitrogen and oxygen atoms in total. The number of piperidine rings is 1. The molecule has 162 valence electrons. The van der Waals surface area contributed by atoms with Gasteiger partial charge in [-0.15, -0.1) is 0 Å². The fraction of sp³-hybridized carbons (Fsp3) is 0.650. The number of hydrogen-bond acceptors (Lipinski definition) is 7. The molecule has 2 fully saturated rings. The van der Waals surface area contributed by atoms with Crippen LogP contribution in [-0.4, -0.2) is 51.5 Å². The summed E-state index contributed by atoms with van der Waals surface area (Å²) in [5.41, 5.74) is 0.161. The minimum Gasteiger partial charge on any atom is -0.353 e. The molecule has 2 amide bonds. The molecule has 4 rings (SSSR count). The standard InChI is InChI=1S/C20H28N6O3S/c1-3-12(2)22-15(27)10-26-11-21-17-16(19(26)29)30-20(24-17)25-8-6-13(7-9-25)18(28)23-14-4-5-14/h11-14H,3-10H2,1-2H3,(H,22,27)(H,23,28)/t12-/m0/s1. The van der Waals surface area contributed by atoms with Gasteiger partial charge in [-0.25, -0.2) is 4.98 Å². The Bertz CT molecular complexity index is 990. The Morgan fingerprint density at radius 2 is 2.00 bits per heavy atom. The summed E-state index contributed by atoms with van der Waals surface area (Å²) >= 11 is 1.31. The Morgan fingerprint density at radius 3 is 2.67 bits per heavy atom. The molecule has 10 heteroatoms. The number of rotatable bonds is 7. The molecule has 1 atom stereocenters. The van der Waals surface area contributed by atoms with Crippen LogP contribution in [0, 0.1) is 5.92 Å². The lowest BCUT2D eigenvalue weighted by Crippen LogP contribution is -2.41. The number of amides is 2. The Balaban J connectivity index is 1.42. The predicted molar refractivity (Wildman–Crippen MR) is 116 cm³/mol. The van der Waals surface area contributed by atoms with Crippen LogP contribution in [0.25, 0.3) is 10.3 Å². The molecule has 0 spiro atoms. The molecular weight excluding hydrogens is 404 g/mol. The van der Waals surface area contributed by atoms with Crippen LogP contribution in [-0.2, 0) is 16.1 Å². The summed E-state index contributed by atoms with van der Waals surface area (Å²) in [6, 6.07) is 0.453. The molecule has 2 N–H and O–H groups in total. The van der Waals surface area contributed by atoms with Crippen LogP contribution < -0.4 is 21.1 Å². The maximum atomic E-state index is 12.8. The van der Waals surface area contributed by atoms with Crippen molar-refractivity contribution < 1.29 is 9.59 Å². The van der Waals surface area contributed by atoms with Gasteiger partial charge in [-0.1, -0.05) is 18.3 Å². The number of aromatic nitrogens is 3. The second-order valence-electron chi connectivity index (χ2n) is 8.25. The predicted octanol–water partition coefficient (Wildman–Crippen LogP) is 1.26. The minimum atomic E-state index is -0.248. The Morgan fingerprint density at radius 1 is 1.27 bits per heavy atom. The zero-order valence-electron chi connectivity index (χ0n) is 17.4. The average Bonchev–Trinajstić information content (AvgIpc) is 3.44. The highest BCUT2D eigenvalue weighted by Crippen LogP contribution is 2.29. The van der Waals surface area contributed by atoms with Crippen molar-refractivity contribution in [3.63, 3.8) is 0 Å². The molecule has 3 heterocycles. The van der Waals surface area contributed by atoms with Crippen LogP contribution >= 0.6 is 11.3 Å². The lowest BCUT2D eigenvalue weighted by Gasteiger charge is -2.30. The van der Waals surface area contributed by atoms with Gasteiger partial charge in [0.25, 0.3) is 5.56 Å². The van der Waals surface area contributed by atoms with E-state index in [4.69, 9.17) is 0 Å². The third kappa shape index (κ3) is 4.63. The van der Waals surface area contributed by atoms with Crippen molar-refractivity contribution in [1.29, 1.82) is 0 Å². The van der Waals surface area contributed by atoms with Crippen molar-refractivity contribution in [1.82, 2.24) is 25.2 Å². The molecule has 2 aromatic rings. The summed E-state index contributed by atoms with van der Waals surface area (Å²) in [6.45, 7) is 5.32. The fourth-order valence-electron chi connectivity index (χ4n) is 3.54. The summed E-state index contributed by atoms with van der Waals surface area (Å²) in [6.07, 6.45) is 5.97. The number of carbonyl (C=O) groups is 2. The average molecular weight is 433 g/mol. The van der Waals surface area contributed by atoms with E-state index in [1.165, 1.54) is 22.2 Å². The number of carbonyl (C=O) groups excluding carboxylic acids is 2. The van der Waals surface area contributed by atoms with E-state index in [1.807, 2.05) is 13.8 Å². The Hall–Kier alpha value is -2.49. The van der Waals surface area contributed by atoms with Crippen LogP contribution in [0.3, 0.4) is 0 Å². The highest BCUT2D eigenvalue weighted by molar-refractivity contribution is 7.22. The SMILES string of the molecule is CC[C@H](C)NC(=O)Cn1cnc2nc(N3CCC(C(=O)NC4CC4)CC3)sc2c1=O. The Kier molecular flexibility index (Phi) is 6.03. The van der Waals surface area contributed by atoms with Crippen molar-refractivity contribution in [2.75, 3.05) is 18.0 Å². The maximum absolute atomic E-state index is 12.8. The van der Waals surface area contributed by atoms with Gasteiger partial charge < -0.3 is 15.5 Å². The number of anilines is 1. The van der Waals surface area contributed by atoms with Gasteiger partial charge in [0.1, 0.15) is 17.6 Å². The summed E-state index contributed by atoms with van der Waals surface area (Å²) in [5.74, 6) is 0.0150. The van der Waals surface area contributed by atoms with Gasteiger partial charge in [0.15, 0.2) is 10.8 Å². The highest BCUT2D eigenvalue weighted by atomic mass is 32.1. The normalized spacial score (nSPS) is 18.4. The third-order valence-corrected chi connectivity index (χ3v) is 6.86. The van der Waals surface area contributed by atoms with Crippen LogP contribution in [0.5, 0.6) is 0 Å². The molecule has 2 aliphatic rings. The van der Waals surface area contributed by atoms with Crippen molar-refractivity contribution in [2.24, 2.45) is 5.92 Å². The number of thiazole rings is 1. The first-order chi connectivity index (χ1) is 14.4. The lowest BCUT2D eigenvalue weighted by atomic mass is 9.96. The molecule has 0 bridgehead atoms. The monoisotopic (exact) mass is 432 g/mol. The summed E-state index contributed by atoms with van der Waals surface area (Å²) < 4.78 is 1.79. The van der Waals surface area contributed by atoms with Gasteiger partial charge in [0.2, 0.25) is 11.8 Å². The van der Waals surface area contributed by atoms with Gasteiger partial charge in [-0.3, -0.25) is 19.0 Å². The number of nitrogens with zero attached hydrogens (tertiary/aromatic N) is 4. The van der Waals surface area contributed by atoms with E-state index in [9.17, 15) is 14.4 Å². The summed E-state index contributed by atoms with van der Waals surface area (Å²) in [4.78, 5) is 48.1. The minimum absolute atomic E-state index is 0.0515. The largest absolute Gasteiger partial charge is 0.353 e. The zero-order valence-corrected chi connectivity index (χ0v) is 18.2. The molecule has 1 saturated carbocycles. The van der Waals surface area contributed by atoms with E-state index in [-0.39, 0.29) is 35.9 Å². The first-order valence-electron chi connectivity index (χ1n) is 10.6. The molecule has 0 aromatic carbocycles. The second kappa shape index (κ2) is 8.71. The highest BCUT2D eigenvalue weighted by Gasteiger charge is 2.30. The van der Waals surface area contributed by atoms with Gasteiger partial charge >= 0.3 is 0 Å². The van der Waals surface area contributed by atoms with Crippen LogP contribution in [0.4, 0.5) is 5.13 Å². The number of hydrogen-bond donors (Lipinski definition) is 2. The van der Waals surface area contributed by atoms with Crippen molar-refractivity contribution in [3.8, 4) is 0 Å². The van der Waals surface area contributed by atoms with Crippen molar-refractivity contribution in [3.05, 3.63) is 16.7 Å². The van der Waals surface area contributed by atoms with Crippen molar-refractivity contribution >= 4 is 38.6 Å². The van der Waals surface area contributed by atoms with Crippen LogP contribution in [0.15, 0.2) is 11.1 Å². The van der Waals surface area contributed by atoms with Gasteiger partial charge in [-0.2, -0.15) is 4.98 Å². The van der Waals surface area contributed by atoms with Crippen molar-refractivity contribution in [2.45, 2.75) is 64.6 Å². The van der Waals surface area contributed by atoms with E-state index in [1.54, 1.807) is 0 Å². The maximum Gasteiger partial charge on any atom is 0.273 e.